The summed E-state index contributed by atoms with van der Waals surface area (Å²) in [5.41, 5.74) is 1.74. The zero-order valence-electron chi connectivity index (χ0n) is 20.5. The predicted octanol–water partition coefficient (Wildman–Crippen LogP) is 5.12. The minimum absolute atomic E-state index is 0.153. The van der Waals surface area contributed by atoms with Gasteiger partial charge in [-0.05, 0) is 68.9 Å². The summed E-state index contributed by atoms with van der Waals surface area (Å²) in [6.07, 6.45) is 0. The molecule has 0 aromatic heterocycles. The summed E-state index contributed by atoms with van der Waals surface area (Å²) < 4.78 is 6.14. The van der Waals surface area contributed by atoms with Crippen molar-refractivity contribution in [2.24, 2.45) is 0 Å². The number of amides is 2. The third kappa shape index (κ3) is 5.06. The summed E-state index contributed by atoms with van der Waals surface area (Å²) in [5, 5.41) is 8.04. The van der Waals surface area contributed by atoms with E-state index in [1.54, 1.807) is 37.7 Å². The van der Waals surface area contributed by atoms with Gasteiger partial charge >= 0.3 is 0 Å². The second-order valence-electron chi connectivity index (χ2n) is 9.16. The first kappa shape index (κ1) is 25.5. The Hall–Kier alpha value is -2.55. The molecule has 184 valence electrons. The van der Waals surface area contributed by atoms with Crippen LogP contribution in [-0.4, -0.2) is 42.8 Å². The Labute approximate surface area is 218 Å². The van der Waals surface area contributed by atoms with Gasteiger partial charge in [0.1, 0.15) is 11.8 Å². The van der Waals surface area contributed by atoms with Crippen molar-refractivity contribution in [3.63, 3.8) is 0 Å². The first-order chi connectivity index (χ1) is 16.7. The lowest BCUT2D eigenvalue weighted by Crippen LogP contribution is -2.58. The minimum atomic E-state index is -0.724. The maximum atomic E-state index is 14.2. The number of likely N-dealkylation sites (N-methyl/N-ethyl adjacent to an activating group) is 1. The maximum absolute atomic E-state index is 14.2. The Kier molecular flexibility index (Phi) is 7.45. The van der Waals surface area contributed by atoms with Crippen LogP contribution in [0.3, 0.4) is 0 Å². The van der Waals surface area contributed by atoms with Gasteiger partial charge < -0.3 is 20.3 Å². The number of hydrogen-bond donors (Lipinski definition) is 2. The van der Waals surface area contributed by atoms with E-state index >= 15 is 0 Å². The van der Waals surface area contributed by atoms with Crippen molar-refractivity contribution in [3.8, 4) is 5.75 Å². The lowest BCUT2D eigenvalue weighted by atomic mass is 9.99. The number of nitrogens with one attached hydrogen (secondary N) is 2. The number of halogens is 1. The highest BCUT2D eigenvalue weighted by atomic mass is 79.9. The van der Waals surface area contributed by atoms with Crippen LogP contribution in [0.15, 0.2) is 64.0 Å². The van der Waals surface area contributed by atoms with E-state index in [9.17, 15) is 9.59 Å². The van der Waals surface area contributed by atoms with E-state index in [0.717, 1.165) is 31.4 Å². The van der Waals surface area contributed by atoms with E-state index in [1.165, 1.54) is 0 Å². The molecule has 1 heterocycles. The molecule has 35 heavy (non-hydrogen) atoms. The third-order valence-corrected chi connectivity index (χ3v) is 8.26. The molecule has 0 saturated heterocycles. The number of anilines is 1. The van der Waals surface area contributed by atoms with E-state index in [1.807, 2.05) is 62.4 Å². The number of rotatable bonds is 6. The van der Waals surface area contributed by atoms with Gasteiger partial charge in [0.2, 0.25) is 5.91 Å². The van der Waals surface area contributed by atoms with E-state index < -0.39 is 16.8 Å². The van der Waals surface area contributed by atoms with Gasteiger partial charge in [0, 0.05) is 19.7 Å². The van der Waals surface area contributed by atoms with Crippen LogP contribution in [-0.2, 0) is 16.1 Å². The third-order valence-electron chi connectivity index (χ3n) is 6.44. The second-order valence-corrected chi connectivity index (χ2v) is 11.8. The summed E-state index contributed by atoms with van der Waals surface area (Å²) in [6, 6.07) is 16.8. The second kappa shape index (κ2) is 10.2. The van der Waals surface area contributed by atoms with Crippen LogP contribution in [0.5, 0.6) is 5.75 Å². The van der Waals surface area contributed by atoms with Gasteiger partial charge in [0.15, 0.2) is 0 Å². The van der Waals surface area contributed by atoms with Crippen LogP contribution in [0.25, 0.3) is 10.8 Å². The number of benzene rings is 3. The van der Waals surface area contributed by atoms with Gasteiger partial charge in [-0.15, -0.1) is 11.8 Å². The molecule has 0 fully saturated rings. The van der Waals surface area contributed by atoms with Crippen LogP contribution in [0.4, 0.5) is 5.69 Å². The number of ether oxygens (including phenoxy) is 1. The van der Waals surface area contributed by atoms with E-state index in [2.05, 4.69) is 32.6 Å². The number of nitrogens with zero attached hydrogens (tertiary/aromatic N) is 1. The number of methoxy groups -OCH3 is 1. The SMILES string of the molecule is CN[C@@H](C)C(=O)N[C@@H]1C(=O)N(Cc2c(OC)ccc3cc(Br)ccc23)c2ccccc2SC1(C)C. The summed E-state index contributed by atoms with van der Waals surface area (Å²) in [6.45, 7) is 6.09. The van der Waals surface area contributed by atoms with Gasteiger partial charge in [0.25, 0.3) is 5.91 Å². The molecule has 0 saturated carbocycles. The molecule has 8 heteroatoms. The number of para-hydroxylation sites is 1. The summed E-state index contributed by atoms with van der Waals surface area (Å²) in [5.74, 6) is 0.351. The molecule has 3 aromatic carbocycles. The van der Waals surface area contributed by atoms with Crippen molar-refractivity contribution in [3.05, 3.63) is 64.6 Å². The molecule has 2 atom stereocenters. The fourth-order valence-electron chi connectivity index (χ4n) is 4.34. The van der Waals surface area contributed by atoms with E-state index in [4.69, 9.17) is 4.74 Å². The largest absolute Gasteiger partial charge is 0.496 e. The summed E-state index contributed by atoms with van der Waals surface area (Å²) in [7, 11) is 3.37. The monoisotopic (exact) mass is 555 g/mol. The molecule has 6 nitrogen and oxygen atoms in total. The van der Waals surface area contributed by atoms with Gasteiger partial charge in [0.05, 0.1) is 25.4 Å². The number of fused-ring (bicyclic) bond motifs is 2. The van der Waals surface area contributed by atoms with Crippen molar-refractivity contribution < 1.29 is 14.3 Å². The molecule has 0 unspecified atom stereocenters. The highest BCUT2D eigenvalue weighted by molar-refractivity contribution is 9.10. The zero-order chi connectivity index (χ0) is 25.3. The molecule has 0 aliphatic carbocycles. The average Bonchev–Trinajstić information content (AvgIpc) is 2.91. The number of carbonyl (C=O) groups excluding carboxylic acids is 2. The molecule has 3 aromatic rings. The molecule has 0 radical (unpaired) electrons. The first-order valence-electron chi connectivity index (χ1n) is 11.5. The molecule has 0 spiro atoms. The minimum Gasteiger partial charge on any atom is -0.496 e. The standard InChI is InChI=1S/C27H30BrN3O3S/c1-16(29-4)25(32)30-24-26(33)31(21-8-6-7-9-23(21)35-27(24,2)3)15-20-19-12-11-18(28)14-17(19)10-13-22(20)34-5/h6-14,16,24,29H,15H2,1-5H3,(H,30,32)/t16-,24+/m0/s1. The van der Waals surface area contributed by atoms with Crippen molar-refractivity contribution in [1.29, 1.82) is 0 Å². The Morgan fingerprint density at radius 1 is 1.20 bits per heavy atom. The average molecular weight is 557 g/mol. The topological polar surface area (TPSA) is 70.7 Å². The molecule has 1 aliphatic heterocycles. The lowest BCUT2D eigenvalue weighted by Gasteiger charge is -2.34. The van der Waals surface area contributed by atoms with E-state index in [0.29, 0.717) is 12.3 Å². The highest BCUT2D eigenvalue weighted by Crippen LogP contribution is 2.45. The van der Waals surface area contributed by atoms with Crippen molar-refractivity contribution in [2.75, 3.05) is 19.1 Å². The maximum Gasteiger partial charge on any atom is 0.251 e. The zero-order valence-corrected chi connectivity index (χ0v) is 22.9. The highest BCUT2D eigenvalue weighted by Gasteiger charge is 2.44. The predicted molar refractivity (Wildman–Crippen MR) is 146 cm³/mol. The fraction of sp³-hybridized carbons (Fsp3) is 0.333. The molecule has 0 bridgehead atoms. The Bertz CT molecular complexity index is 1280. The Morgan fingerprint density at radius 2 is 1.94 bits per heavy atom. The quantitative estimate of drug-likeness (QED) is 0.441. The first-order valence-corrected chi connectivity index (χ1v) is 13.1. The molecule has 4 rings (SSSR count). The fourth-order valence-corrected chi connectivity index (χ4v) is 5.99. The number of thioether (sulfide) groups is 1. The van der Waals surface area contributed by atoms with Crippen molar-refractivity contribution in [2.45, 2.75) is 49.0 Å². The lowest BCUT2D eigenvalue weighted by molar-refractivity contribution is -0.129. The van der Waals surface area contributed by atoms with Crippen molar-refractivity contribution >= 4 is 56.0 Å². The summed E-state index contributed by atoms with van der Waals surface area (Å²) in [4.78, 5) is 29.8. The molecule has 2 amide bonds. The van der Waals surface area contributed by atoms with Crippen LogP contribution in [0.2, 0.25) is 0 Å². The molecular weight excluding hydrogens is 526 g/mol. The van der Waals surface area contributed by atoms with Crippen LogP contribution in [0.1, 0.15) is 26.3 Å². The number of carbonyl (C=O) groups is 2. The molecule has 2 N–H and O–H groups in total. The summed E-state index contributed by atoms with van der Waals surface area (Å²) >= 11 is 5.15. The van der Waals surface area contributed by atoms with Crippen molar-refractivity contribution in [1.82, 2.24) is 10.6 Å². The number of hydrogen-bond acceptors (Lipinski definition) is 5. The Balaban J connectivity index is 1.84. The molecule has 1 aliphatic rings. The normalized spacial score (nSPS) is 18.1. The van der Waals surface area contributed by atoms with E-state index in [-0.39, 0.29) is 11.8 Å². The van der Waals surface area contributed by atoms with Gasteiger partial charge in [-0.25, -0.2) is 0 Å². The van der Waals surface area contributed by atoms with Gasteiger partial charge in [-0.1, -0.05) is 40.2 Å². The van der Waals surface area contributed by atoms with Crippen LogP contribution in [0, 0.1) is 0 Å². The van der Waals surface area contributed by atoms with Gasteiger partial charge in [-0.2, -0.15) is 0 Å². The molecular formula is C27H30BrN3O3S. The Morgan fingerprint density at radius 3 is 2.66 bits per heavy atom. The smallest absolute Gasteiger partial charge is 0.251 e. The van der Waals surface area contributed by atoms with Gasteiger partial charge in [-0.3, -0.25) is 9.59 Å². The van der Waals surface area contributed by atoms with Crippen LogP contribution >= 0.6 is 27.7 Å². The van der Waals surface area contributed by atoms with Crippen LogP contribution < -0.4 is 20.3 Å².